The fourth-order valence-electron chi connectivity index (χ4n) is 3.27. The number of carbonyl (C=O) groups is 1. The Morgan fingerprint density at radius 1 is 1.29 bits per heavy atom. The highest BCUT2D eigenvalue weighted by atomic mass is 16.2. The predicted octanol–water partition coefficient (Wildman–Crippen LogP) is 3.94. The first kappa shape index (κ1) is 15.9. The van der Waals surface area contributed by atoms with E-state index in [1.165, 1.54) is 6.42 Å². The van der Waals surface area contributed by atoms with E-state index < -0.39 is 0 Å². The third-order valence-corrected chi connectivity index (χ3v) is 4.19. The van der Waals surface area contributed by atoms with E-state index in [1.807, 2.05) is 23.1 Å². The summed E-state index contributed by atoms with van der Waals surface area (Å²) in [6.07, 6.45) is 2.33. The van der Waals surface area contributed by atoms with Crippen molar-refractivity contribution >= 4 is 11.6 Å². The van der Waals surface area contributed by atoms with E-state index in [0.29, 0.717) is 11.8 Å². The second kappa shape index (κ2) is 6.97. The number of piperidine rings is 1. The summed E-state index contributed by atoms with van der Waals surface area (Å²) in [7, 11) is 0. The summed E-state index contributed by atoms with van der Waals surface area (Å²) in [6, 6.07) is 6.01. The Kier molecular flexibility index (Phi) is 5.27. The number of nitrogens with one attached hydrogen (secondary N) is 1. The van der Waals surface area contributed by atoms with Crippen molar-refractivity contribution in [3.63, 3.8) is 0 Å². The molecule has 3 heteroatoms. The van der Waals surface area contributed by atoms with Crippen molar-refractivity contribution in [1.82, 2.24) is 4.90 Å². The molecule has 0 radical (unpaired) electrons. The summed E-state index contributed by atoms with van der Waals surface area (Å²) in [5, 5.41) is 3.40. The lowest BCUT2D eigenvalue weighted by atomic mass is 9.91. The normalized spacial score (nSPS) is 22.2. The van der Waals surface area contributed by atoms with Gasteiger partial charge in [0.25, 0.3) is 5.91 Å². The predicted molar refractivity (Wildman–Crippen MR) is 88.8 cm³/mol. The number of hydrogen-bond acceptors (Lipinski definition) is 2. The van der Waals surface area contributed by atoms with E-state index in [2.05, 4.69) is 33.0 Å². The maximum absolute atomic E-state index is 12.7. The van der Waals surface area contributed by atoms with Gasteiger partial charge in [0.05, 0.1) is 0 Å². The quantitative estimate of drug-likeness (QED) is 0.910. The van der Waals surface area contributed by atoms with Gasteiger partial charge in [0, 0.05) is 30.9 Å². The van der Waals surface area contributed by atoms with Crippen molar-refractivity contribution in [2.45, 2.75) is 40.5 Å². The zero-order valence-electron chi connectivity index (χ0n) is 13.8. The van der Waals surface area contributed by atoms with Crippen LogP contribution in [0.4, 0.5) is 5.69 Å². The van der Waals surface area contributed by atoms with Crippen molar-refractivity contribution in [1.29, 1.82) is 0 Å². The Morgan fingerprint density at radius 3 is 2.52 bits per heavy atom. The van der Waals surface area contributed by atoms with Gasteiger partial charge in [-0.3, -0.25) is 4.79 Å². The van der Waals surface area contributed by atoms with E-state index >= 15 is 0 Å². The van der Waals surface area contributed by atoms with Crippen molar-refractivity contribution in [3.8, 4) is 0 Å². The molecule has 3 nitrogen and oxygen atoms in total. The molecule has 1 N–H and O–H groups in total. The van der Waals surface area contributed by atoms with E-state index in [4.69, 9.17) is 0 Å². The van der Waals surface area contributed by atoms with Crippen LogP contribution in [0.25, 0.3) is 0 Å². The fraction of sp³-hybridized carbons (Fsp3) is 0.611. The van der Waals surface area contributed by atoms with E-state index in [0.717, 1.165) is 42.9 Å². The van der Waals surface area contributed by atoms with Gasteiger partial charge in [-0.25, -0.2) is 0 Å². The monoisotopic (exact) mass is 288 g/mol. The van der Waals surface area contributed by atoms with Crippen LogP contribution in [0.5, 0.6) is 0 Å². The van der Waals surface area contributed by atoms with Crippen LogP contribution in [0.3, 0.4) is 0 Å². The van der Waals surface area contributed by atoms with Crippen LogP contribution < -0.4 is 5.32 Å². The molecule has 1 saturated heterocycles. The maximum Gasteiger partial charge on any atom is 0.253 e. The maximum atomic E-state index is 12.7. The van der Waals surface area contributed by atoms with Gasteiger partial charge in [-0.2, -0.15) is 0 Å². The summed E-state index contributed by atoms with van der Waals surface area (Å²) >= 11 is 0. The Morgan fingerprint density at radius 2 is 1.95 bits per heavy atom. The Hall–Kier alpha value is -1.51. The second-order valence-electron chi connectivity index (χ2n) is 6.61. The lowest BCUT2D eigenvalue weighted by Crippen LogP contribution is -2.42. The van der Waals surface area contributed by atoms with Crippen LogP contribution in [-0.2, 0) is 0 Å². The van der Waals surface area contributed by atoms with Crippen LogP contribution in [0, 0.1) is 18.8 Å². The molecule has 0 bridgehead atoms. The number of hydrogen-bond donors (Lipinski definition) is 1. The van der Waals surface area contributed by atoms with Crippen LogP contribution in [0.1, 0.15) is 49.5 Å². The second-order valence-corrected chi connectivity index (χ2v) is 6.61. The van der Waals surface area contributed by atoms with Gasteiger partial charge >= 0.3 is 0 Å². The zero-order chi connectivity index (χ0) is 15.4. The number of benzene rings is 1. The van der Waals surface area contributed by atoms with Crippen molar-refractivity contribution in [2.24, 2.45) is 11.8 Å². The molecule has 1 fully saturated rings. The molecule has 1 aliphatic rings. The molecule has 0 aromatic heterocycles. The SMILES string of the molecule is CCCNc1ccc(C(=O)N2CC(C)CC(C)C2)cc1C. The largest absolute Gasteiger partial charge is 0.385 e. The summed E-state index contributed by atoms with van der Waals surface area (Å²) in [5.74, 6) is 1.38. The number of anilines is 1. The highest BCUT2D eigenvalue weighted by molar-refractivity contribution is 5.95. The van der Waals surface area contributed by atoms with Gasteiger partial charge < -0.3 is 10.2 Å². The lowest BCUT2D eigenvalue weighted by Gasteiger charge is -2.35. The number of likely N-dealkylation sites (tertiary alicyclic amines) is 1. The topological polar surface area (TPSA) is 32.3 Å². The fourth-order valence-corrected chi connectivity index (χ4v) is 3.27. The molecule has 2 unspecified atom stereocenters. The van der Waals surface area contributed by atoms with E-state index in [1.54, 1.807) is 0 Å². The molecule has 2 rings (SSSR count). The lowest BCUT2D eigenvalue weighted by molar-refractivity contribution is 0.0623. The average Bonchev–Trinajstić information content (AvgIpc) is 2.44. The average molecular weight is 288 g/mol. The van der Waals surface area contributed by atoms with Crippen LogP contribution >= 0.6 is 0 Å². The molecule has 21 heavy (non-hydrogen) atoms. The molecule has 2 atom stereocenters. The molecule has 1 heterocycles. The van der Waals surface area contributed by atoms with E-state index in [9.17, 15) is 4.79 Å². The first-order valence-electron chi connectivity index (χ1n) is 8.15. The molecule has 0 saturated carbocycles. The van der Waals surface area contributed by atoms with Crippen molar-refractivity contribution in [3.05, 3.63) is 29.3 Å². The van der Waals surface area contributed by atoms with Crippen LogP contribution in [-0.4, -0.2) is 30.4 Å². The molecular formula is C18H28N2O. The molecule has 0 aliphatic carbocycles. The number of aryl methyl sites for hydroxylation is 1. The minimum absolute atomic E-state index is 0.179. The summed E-state index contributed by atoms with van der Waals surface area (Å²) in [6.45, 7) is 11.4. The smallest absolute Gasteiger partial charge is 0.253 e. The van der Waals surface area contributed by atoms with Gasteiger partial charge in [0.2, 0.25) is 0 Å². The molecule has 1 amide bonds. The van der Waals surface area contributed by atoms with E-state index in [-0.39, 0.29) is 5.91 Å². The molecular weight excluding hydrogens is 260 g/mol. The molecule has 116 valence electrons. The molecule has 1 aliphatic heterocycles. The van der Waals surface area contributed by atoms with Gasteiger partial charge in [0.15, 0.2) is 0 Å². The zero-order valence-corrected chi connectivity index (χ0v) is 13.8. The highest BCUT2D eigenvalue weighted by Gasteiger charge is 2.26. The number of nitrogens with zero attached hydrogens (tertiary/aromatic N) is 1. The third kappa shape index (κ3) is 3.99. The van der Waals surface area contributed by atoms with Crippen LogP contribution in [0.15, 0.2) is 18.2 Å². The van der Waals surface area contributed by atoms with Crippen molar-refractivity contribution in [2.75, 3.05) is 25.0 Å². The van der Waals surface area contributed by atoms with Gasteiger partial charge in [-0.1, -0.05) is 20.8 Å². The highest BCUT2D eigenvalue weighted by Crippen LogP contribution is 2.24. The van der Waals surface area contributed by atoms with Gasteiger partial charge in [-0.05, 0) is 55.4 Å². The van der Waals surface area contributed by atoms with Crippen LogP contribution in [0.2, 0.25) is 0 Å². The minimum Gasteiger partial charge on any atom is -0.385 e. The first-order valence-corrected chi connectivity index (χ1v) is 8.15. The Balaban J connectivity index is 2.10. The third-order valence-electron chi connectivity index (χ3n) is 4.19. The molecule has 1 aromatic carbocycles. The summed E-state index contributed by atoms with van der Waals surface area (Å²) in [4.78, 5) is 14.7. The number of amides is 1. The summed E-state index contributed by atoms with van der Waals surface area (Å²) in [5.41, 5.74) is 3.09. The van der Waals surface area contributed by atoms with Crippen molar-refractivity contribution < 1.29 is 4.79 Å². The molecule has 0 spiro atoms. The van der Waals surface area contributed by atoms with Gasteiger partial charge in [-0.15, -0.1) is 0 Å². The summed E-state index contributed by atoms with van der Waals surface area (Å²) < 4.78 is 0. The van der Waals surface area contributed by atoms with Gasteiger partial charge in [0.1, 0.15) is 0 Å². The Labute approximate surface area is 128 Å². The number of carbonyl (C=O) groups excluding carboxylic acids is 1. The standard InChI is InChI=1S/C18H28N2O/c1-5-8-19-17-7-6-16(10-15(17)4)18(21)20-11-13(2)9-14(3)12-20/h6-7,10,13-14,19H,5,8-9,11-12H2,1-4H3. The first-order chi connectivity index (χ1) is 10.0. The number of rotatable bonds is 4. The Bertz CT molecular complexity index is 488. The minimum atomic E-state index is 0.179. The molecule has 1 aromatic rings.